The summed E-state index contributed by atoms with van der Waals surface area (Å²) in [7, 11) is 0. The zero-order valence-corrected chi connectivity index (χ0v) is 22.1. The average molecular weight is 535 g/mol. The van der Waals surface area contributed by atoms with Crippen LogP contribution in [0.5, 0.6) is 11.5 Å². The van der Waals surface area contributed by atoms with E-state index in [9.17, 15) is 18.8 Å². The standard InChI is InChI=1S/C29H27FN2O5S/c1-4-36-25-14-20(10-12-24(25)37-17-27(33)31-22-11-9-18(2)19(3)13-22)15-26-28(34)32(29(35)38-26)16-21-7-5-6-8-23(21)30/h5-15H,4,16-17H2,1-3H3,(H,31,33)/b26-15+. The molecule has 1 heterocycles. The van der Waals surface area contributed by atoms with Crippen LogP contribution in [0.25, 0.3) is 6.08 Å². The fraction of sp³-hybridized carbons (Fsp3) is 0.207. The van der Waals surface area contributed by atoms with Crippen molar-refractivity contribution in [2.24, 2.45) is 0 Å². The first kappa shape index (κ1) is 26.9. The molecule has 0 atom stereocenters. The molecular formula is C29H27FN2O5S. The fourth-order valence-electron chi connectivity index (χ4n) is 3.75. The molecular weight excluding hydrogens is 507 g/mol. The van der Waals surface area contributed by atoms with Crippen LogP contribution in [0.15, 0.2) is 65.6 Å². The van der Waals surface area contributed by atoms with Gasteiger partial charge in [-0.3, -0.25) is 19.3 Å². The summed E-state index contributed by atoms with van der Waals surface area (Å²) < 4.78 is 25.4. The van der Waals surface area contributed by atoms with E-state index in [1.165, 1.54) is 12.1 Å². The van der Waals surface area contributed by atoms with Gasteiger partial charge in [-0.05, 0) is 85.6 Å². The van der Waals surface area contributed by atoms with Gasteiger partial charge >= 0.3 is 0 Å². The molecule has 0 bridgehead atoms. The van der Waals surface area contributed by atoms with E-state index in [0.29, 0.717) is 29.4 Å². The number of nitrogens with zero attached hydrogens (tertiary/aromatic N) is 1. The highest BCUT2D eigenvalue weighted by molar-refractivity contribution is 8.18. The summed E-state index contributed by atoms with van der Waals surface area (Å²) in [6.07, 6.45) is 1.57. The molecule has 0 aliphatic carbocycles. The number of carbonyl (C=O) groups excluding carboxylic acids is 3. The van der Waals surface area contributed by atoms with Crippen molar-refractivity contribution in [1.29, 1.82) is 0 Å². The maximum Gasteiger partial charge on any atom is 0.293 e. The number of amides is 3. The van der Waals surface area contributed by atoms with Gasteiger partial charge in [-0.2, -0.15) is 0 Å². The molecule has 38 heavy (non-hydrogen) atoms. The molecule has 3 aromatic carbocycles. The number of rotatable bonds is 9. The Labute approximate surface area is 224 Å². The van der Waals surface area contributed by atoms with Gasteiger partial charge in [0.1, 0.15) is 5.82 Å². The lowest BCUT2D eigenvalue weighted by molar-refractivity contribution is -0.123. The lowest BCUT2D eigenvalue weighted by Gasteiger charge is -2.13. The maximum atomic E-state index is 14.0. The highest BCUT2D eigenvalue weighted by atomic mass is 32.2. The van der Waals surface area contributed by atoms with Crippen molar-refractivity contribution in [3.05, 3.63) is 93.6 Å². The molecule has 3 aromatic rings. The highest BCUT2D eigenvalue weighted by Gasteiger charge is 2.35. The number of hydrogen-bond donors (Lipinski definition) is 1. The van der Waals surface area contributed by atoms with E-state index in [1.54, 1.807) is 36.4 Å². The van der Waals surface area contributed by atoms with E-state index in [4.69, 9.17) is 9.47 Å². The molecule has 0 spiro atoms. The first-order valence-electron chi connectivity index (χ1n) is 12.0. The second-order valence-corrected chi connectivity index (χ2v) is 9.63. The van der Waals surface area contributed by atoms with Crippen molar-refractivity contribution in [2.45, 2.75) is 27.3 Å². The van der Waals surface area contributed by atoms with E-state index in [-0.39, 0.29) is 29.5 Å². The molecule has 0 aromatic heterocycles. The van der Waals surface area contributed by atoms with Crippen LogP contribution in [0.3, 0.4) is 0 Å². The second kappa shape index (κ2) is 12.0. The first-order chi connectivity index (χ1) is 18.2. The third-order valence-corrected chi connectivity index (χ3v) is 6.78. The maximum absolute atomic E-state index is 14.0. The number of anilines is 1. The molecule has 0 unspecified atom stereocenters. The first-order valence-corrected chi connectivity index (χ1v) is 12.8. The predicted octanol–water partition coefficient (Wildman–Crippen LogP) is 6.10. The van der Waals surface area contributed by atoms with E-state index in [2.05, 4.69) is 5.32 Å². The summed E-state index contributed by atoms with van der Waals surface area (Å²) in [4.78, 5) is 39.0. The number of nitrogens with one attached hydrogen (secondary N) is 1. The molecule has 1 fully saturated rings. The number of ether oxygens (including phenoxy) is 2. The van der Waals surface area contributed by atoms with Crippen molar-refractivity contribution in [3.63, 3.8) is 0 Å². The monoisotopic (exact) mass is 534 g/mol. The van der Waals surface area contributed by atoms with Crippen LogP contribution in [0.1, 0.15) is 29.2 Å². The predicted molar refractivity (Wildman–Crippen MR) is 146 cm³/mol. The number of halogens is 1. The Morgan fingerprint density at radius 2 is 1.79 bits per heavy atom. The van der Waals surface area contributed by atoms with E-state index < -0.39 is 17.0 Å². The summed E-state index contributed by atoms with van der Waals surface area (Å²) in [5.41, 5.74) is 3.76. The minimum Gasteiger partial charge on any atom is -0.490 e. The van der Waals surface area contributed by atoms with Gasteiger partial charge in [-0.15, -0.1) is 0 Å². The third-order valence-electron chi connectivity index (χ3n) is 5.87. The van der Waals surface area contributed by atoms with Crippen LogP contribution in [0.2, 0.25) is 0 Å². The van der Waals surface area contributed by atoms with Crippen LogP contribution in [-0.2, 0) is 16.1 Å². The summed E-state index contributed by atoms with van der Waals surface area (Å²) in [6.45, 7) is 5.78. The van der Waals surface area contributed by atoms with Gasteiger partial charge in [0.05, 0.1) is 18.1 Å². The van der Waals surface area contributed by atoms with E-state index in [0.717, 1.165) is 27.8 Å². The zero-order valence-electron chi connectivity index (χ0n) is 21.2. The van der Waals surface area contributed by atoms with Gasteiger partial charge < -0.3 is 14.8 Å². The number of thioether (sulfide) groups is 1. The van der Waals surface area contributed by atoms with Crippen LogP contribution in [-0.4, -0.2) is 35.2 Å². The Morgan fingerprint density at radius 1 is 1.00 bits per heavy atom. The van der Waals surface area contributed by atoms with Gasteiger partial charge in [0, 0.05) is 11.3 Å². The molecule has 3 amide bonds. The van der Waals surface area contributed by atoms with Gasteiger partial charge in [-0.25, -0.2) is 4.39 Å². The summed E-state index contributed by atoms with van der Waals surface area (Å²) in [5.74, 6) is -0.527. The molecule has 1 N–H and O–H groups in total. The molecule has 4 rings (SSSR count). The Balaban J connectivity index is 1.44. The lowest BCUT2D eigenvalue weighted by Crippen LogP contribution is -2.27. The van der Waals surface area contributed by atoms with Gasteiger partial charge in [0.15, 0.2) is 18.1 Å². The van der Waals surface area contributed by atoms with E-state index >= 15 is 0 Å². The van der Waals surface area contributed by atoms with Crippen molar-refractivity contribution in [3.8, 4) is 11.5 Å². The minimum absolute atomic E-state index is 0.143. The molecule has 0 radical (unpaired) electrons. The van der Waals surface area contributed by atoms with Crippen LogP contribution < -0.4 is 14.8 Å². The van der Waals surface area contributed by atoms with Crippen molar-refractivity contribution >= 4 is 40.6 Å². The van der Waals surface area contributed by atoms with Crippen molar-refractivity contribution in [2.75, 3.05) is 18.5 Å². The van der Waals surface area contributed by atoms with Crippen LogP contribution in [0.4, 0.5) is 14.9 Å². The van der Waals surface area contributed by atoms with Crippen LogP contribution in [0, 0.1) is 19.7 Å². The number of aryl methyl sites for hydroxylation is 2. The Hall–Kier alpha value is -4.11. The number of imide groups is 1. The fourth-order valence-corrected chi connectivity index (χ4v) is 4.58. The lowest BCUT2D eigenvalue weighted by atomic mass is 10.1. The normalized spacial score (nSPS) is 14.2. The molecule has 9 heteroatoms. The summed E-state index contributed by atoms with van der Waals surface area (Å²) in [5, 5.41) is 2.34. The Kier molecular flexibility index (Phi) is 8.48. The van der Waals surface area contributed by atoms with Crippen molar-refractivity contribution in [1.82, 2.24) is 4.90 Å². The largest absolute Gasteiger partial charge is 0.490 e. The van der Waals surface area contributed by atoms with Gasteiger partial charge in [0.2, 0.25) is 0 Å². The number of hydrogen-bond acceptors (Lipinski definition) is 6. The highest BCUT2D eigenvalue weighted by Crippen LogP contribution is 2.35. The van der Waals surface area contributed by atoms with E-state index in [1.807, 2.05) is 39.0 Å². The van der Waals surface area contributed by atoms with Gasteiger partial charge in [-0.1, -0.05) is 30.3 Å². The SMILES string of the molecule is CCOc1cc(/C=C2/SC(=O)N(Cc3ccccc3F)C2=O)ccc1OCC(=O)Nc1ccc(C)c(C)c1. The van der Waals surface area contributed by atoms with Crippen LogP contribution >= 0.6 is 11.8 Å². The number of carbonyl (C=O) groups is 3. The zero-order chi connectivity index (χ0) is 27.2. The van der Waals surface area contributed by atoms with Gasteiger partial charge in [0.25, 0.3) is 17.1 Å². The summed E-state index contributed by atoms with van der Waals surface area (Å²) in [6, 6.07) is 16.7. The molecule has 0 saturated carbocycles. The summed E-state index contributed by atoms with van der Waals surface area (Å²) >= 11 is 0.793. The molecule has 1 saturated heterocycles. The molecule has 1 aliphatic rings. The second-order valence-electron chi connectivity index (χ2n) is 8.63. The third kappa shape index (κ3) is 6.41. The average Bonchev–Trinajstić information content (AvgIpc) is 3.14. The Bertz CT molecular complexity index is 1420. The molecule has 196 valence electrons. The Morgan fingerprint density at radius 3 is 2.53 bits per heavy atom. The molecule has 7 nitrogen and oxygen atoms in total. The van der Waals surface area contributed by atoms with Crippen molar-refractivity contribution < 1.29 is 28.2 Å². The minimum atomic E-state index is -0.496. The topological polar surface area (TPSA) is 84.9 Å². The smallest absolute Gasteiger partial charge is 0.293 e. The quantitative estimate of drug-likeness (QED) is 0.334. The number of benzene rings is 3. The molecule has 1 aliphatic heterocycles.